The van der Waals surface area contributed by atoms with Gasteiger partial charge in [-0.15, -0.1) is 11.8 Å². The van der Waals surface area contributed by atoms with Crippen molar-refractivity contribution in [3.8, 4) is 11.5 Å². The molecule has 2 heterocycles. The Balaban J connectivity index is 1.77. The Morgan fingerprint density at radius 2 is 1.88 bits per heavy atom. The van der Waals surface area contributed by atoms with E-state index in [9.17, 15) is 4.79 Å². The zero-order valence-electron chi connectivity index (χ0n) is 9.18. The Morgan fingerprint density at radius 3 is 2.65 bits per heavy atom. The van der Waals surface area contributed by atoms with Gasteiger partial charge in [-0.25, -0.2) is 0 Å². The van der Waals surface area contributed by atoms with Crippen LogP contribution in [0.25, 0.3) is 0 Å². The van der Waals surface area contributed by atoms with Gasteiger partial charge in [0.1, 0.15) is 18.5 Å². The molecule has 0 N–H and O–H groups in total. The highest BCUT2D eigenvalue weighted by Crippen LogP contribution is 2.37. The molecule has 1 saturated heterocycles. The summed E-state index contributed by atoms with van der Waals surface area (Å²) in [6.07, 6.45) is 0.776. The summed E-state index contributed by atoms with van der Waals surface area (Å²) in [6.45, 7) is 1.70. The molecule has 0 aliphatic carbocycles. The molecule has 1 aromatic rings. The predicted octanol–water partition coefficient (Wildman–Crippen LogP) is 1.87. The van der Waals surface area contributed by atoms with Crippen molar-refractivity contribution in [3.63, 3.8) is 0 Å². The van der Waals surface area contributed by atoms with Gasteiger partial charge in [0.15, 0.2) is 11.5 Å². The van der Waals surface area contributed by atoms with E-state index in [4.69, 9.17) is 14.2 Å². The number of hydrogen-bond acceptors (Lipinski definition) is 5. The maximum atomic E-state index is 11.4. The number of ether oxygens (including phenoxy) is 3. The number of fused-ring (bicyclic) bond motifs is 1. The van der Waals surface area contributed by atoms with E-state index in [0.29, 0.717) is 19.8 Å². The molecular weight excluding hydrogens is 240 g/mol. The predicted molar refractivity (Wildman–Crippen MR) is 62.7 cm³/mol. The maximum absolute atomic E-state index is 11.4. The van der Waals surface area contributed by atoms with Gasteiger partial charge in [-0.05, 0) is 18.2 Å². The van der Waals surface area contributed by atoms with Crippen LogP contribution >= 0.6 is 11.8 Å². The number of carbonyl (C=O) groups is 1. The molecule has 1 unspecified atom stereocenters. The average molecular weight is 252 g/mol. The zero-order chi connectivity index (χ0) is 11.7. The van der Waals surface area contributed by atoms with E-state index in [-0.39, 0.29) is 11.2 Å². The van der Waals surface area contributed by atoms with Crippen molar-refractivity contribution in [1.29, 1.82) is 0 Å². The molecule has 0 aromatic heterocycles. The molecule has 4 nitrogen and oxygen atoms in total. The fourth-order valence-electron chi connectivity index (χ4n) is 1.85. The number of thioether (sulfide) groups is 1. The lowest BCUT2D eigenvalue weighted by Gasteiger charge is -2.19. The van der Waals surface area contributed by atoms with Crippen LogP contribution in [0.2, 0.25) is 0 Å². The van der Waals surface area contributed by atoms with Crippen molar-refractivity contribution in [1.82, 2.24) is 0 Å². The Bertz CT molecular complexity index is 446. The van der Waals surface area contributed by atoms with Crippen molar-refractivity contribution in [2.24, 2.45) is 0 Å². The van der Waals surface area contributed by atoms with E-state index < -0.39 is 0 Å². The highest BCUT2D eigenvalue weighted by atomic mass is 32.2. The maximum Gasteiger partial charge on any atom is 0.319 e. The first kappa shape index (κ1) is 10.8. The van der Waals surface area contributed by atoms with Gasteiger partial charge in [0.25, 0.3) is 0 Å². The first-order valence-electron chi connectivity index (χ1n) is 5.56. The fraction of sp³-hybridized carbons (Fsp3) is 0.417. The molecule has 5 heteroatoms. The molecule has 17 heavy (non-hydrogen) atoms. The molecule has 2 aliphatic rings. The lowest BCUT2D eigenvalue weighted by molar-refractivity contribution is -0.137. The van der Waals surface area contributed by atoms with Crippen molar-refractivity contribution in [2.45, 2.75) is 16.6 Å². The van der Waals surface area contributed by atoms with E-state index in [2.05, 4.69) is 0 Å². The Morgan fingerprint density at radius 1 is 1.06 bits per heavy atom. The van der Waals surface area contributed by atoms with Crippen LogP contribution in [-0.2, 0) is 9.53 Å². The van der Waals surface area contributed by atoms with Crippen LogP contribution in [0.1, 0.15) is 6.42 Å². The molecule has 0 bridgehead atoms. The van der Waals surface area contributed by atoms with E-state index in [1.54, 1.807) is 0 Å². The van der Waals surface area contributed by atoms with Gasteiger partial charge in [0, 0.05) is 11.3 Å². The summed E-state index contributed by atoms with van der Waals surface area (Å²) >= 11 is 1.52. The number of esters is 1. The van der Waals surface area contributed by atoms with Crippen LogP contribution < -0.4 is 9.47 Å². The molecule has 0 radical (unpaired) electrons. The summed E-state index contributed by atoms with van der Waals surface area (Å²) < 4.78 is 15.9. The van der Waals surface area contributed by atoms with Crippen LogP contribution in [0.3, 0.4) is 0 Å². The van der Waals surface area contributed by atoms with Gasteiger partial charge >= 0.3 is 5.97 Å². The molecule has 1 aromatic carbocycles. The average Bonchev–Trinajstić information content (AvgIpc) is 2.75. The monoisotopic (exact) mass is 252 g/mol. The van der Waals surface area contributed by atoms with Crippen LogP contribution in [0.15, 0.2) is 23.1 Å². The number of hydrogen-bond donors (Lipinski definition) is 0. The number of rotatable bonds is 2. The molecule has 1 atom stereocenters. The Hall–Kier alpha value is -1.36. The van der Waals surface area contributed by atoms with Crippen LogP contribution in [-0.4, -0.2) is 31.0 Å². The van der Waals surface area contributed by atoms with E-state index >= 15 is 0 Å². The molecule has 1 fully saturated rings. The molecular formula is C12H12O4S. The smallest absolute Gasteiger partial charge is 0.319 e. The lowest BCUT2D eigenvalue weighted by Crippen LogP contribution is -2.15. The van der Waals surface area contributed by atoms with Crippen molar-refractivity contribution < 1.29 is 19.0 Å². The van der Waals surface area contributed by atoms with Crippen molar-refractivity contribution in [3.05, 3.63) is 18.2 Å². The summed E-state index contributed by atoms with van der Waals surface area (Å²) in [6, 6.07) is 5.76. The summed E-state index contributed by atoms with van der Waals surface area (Å²) in [4.78, 5) is 12.4. The normalized spacial score (nSPS) is 22.4. The van der Waals surface area contributed by atoms with Crippen LogP contribution in [0.5, 0.6) is 11.5 Å². The van der Waals surface area contributed by atoms with Crippen LogP contribution in [0, 0.1) is 0 Å². The third-order valence-corrected chi connectivity index (χ3v) is 3.92. The van der Waals surface area contributed by atoms with Gasteiger partial charge in [-0.1, -0.05) is 0 Å². The topological polar surface area (TPSA) is 44.8 Å². The molecule has 2 aliphatic heterocycles. The molecule has 3 rings (SSSR count). The largest absolute Gasteiger partial charge is 0.486 e. The van der Waals surface area contributed by atoms with Gasteiger partial charge in [-0.3, -0.25) is 4.79 Å². The van der Waals surface area contributed by atoms with Gasteiger partial charge in [0.05, 0.1) is 6.61 Å². The highest BCUT2D eigenvalue weighted by Gasteiger charge is 2.27. The van der Waals surface area contributed by atoms with Crippen molar-refractivity contribution >= 4 is 17.7 Å². The summed E-state index contributed by atoms with van der Waals surface area (Å²) in [5.74, 6) is 1.41. The molecule has 0 spiro atoms. The standard InChI is InChI=1S/C12H12O4S/c13-12-11(3-4-16-12)17-8-1-2-9-10(7-8)15-6-5-14-9/h1-2,7,11H,3-6H2. The number of cyclic esters (lactones) is 1. The minimum atomic E-state index is -0.120. The summed E-state index contributed by atoms with van der Waals surface area (Å²) in [5.41, 5.74) is 0. The number of carbonyl (C=O) groups excluding carboxylic acids is 1. The SMILES string of the molecule is O=C1OCCC1Sc1ccc2c(c1)OCCO2. The lowest BCUT2D eigenvalue weighted by atomic mass is 10.3. The van der Waals surface area contributed by atoms with Crippen LogP contribution in [0.4, 0.5) is 0 Å². The van der Waals surface area contributed by atoms with Gasteiger partial charge in [0.2, 0.25) is 0 Å². The Kier molecular flexibility index (Phi) is 2.84. The third kappa shape index (κ3) is 2.20. The summed E-state index contributed by atoms with van der Waals surface area (Å²) in [5, 5.41) is -0.0856. The van der Waals surface area contributed by atoms with E-state index in [1.165, 1.54) is 11.8 Å². The second-order valence-corrected chi connectivity index (χ2v) is 5.14. The minimum absolute atomic E-state index is 0.0856. The molecule has 0 amide bonds. The third-order valence-electron chi connectivity index (χ3n) is 2.68. The zero-order valence-corrected chi connectivity index (χ0v) is 10.00. The highest BCUT2D eigenvalue weighted by molar-refractivity contribution is 8.00. The second-order valence-electron chi connectivity index (χ2n) is 3.87. The summed E-state index contributed by atoms with van der Waals surface area (Å²) in [7, 11) is 0. The fourth-order valence-corrected chi connectivity index (χ4v) is 2.87. The van der Waals surface area contributed by atoms with Gasteiger partial charge < -0.3 is 14.2 Å². The minimum Gasteiger partial charge on any atom is -0.486 e. The van der Waals surface area contributed by atoms with E-state index in [1.807, 2.05) is 18.2 Å². The molecule has 0 saturated carbocycles. The first-order valence-corrected chi connectivity index (χ1v) is 6.44. The quantitative estimate of drug-likeness (QED) is 0.752. The second kappa shape index (κ2) is 4.49. The Labute approximate surface area is 103 Å². The van der Waals surface area contributed by atoms with Gasteiger partial charge in [-0.2, -0.15) is 0 Å². The van der Waals surface area contributed by atoms with Crippen molar-refractivity contribution in [2.75, 3.05) is 19.8 Å². The number of benzene rings is 1. The van der Waals surface area contributed by atoms with E-state index in [0.717, 1.165) is 22.8 Å². The molecule has 90 valence electrons. The first-order chi connectivity index (χ1) is 8.33.